The first-order valence-corrected chi connectivity index (χ1v) is 12.0. The van der Waals surface area contributed by atoms with Gasteiger partial charge < -0.3 is 10.8 Å². The van der Waals surface area contributed by atoms with E-state index < -0.39 is 38.0 Å². The molecule has 1 heterocycles. The molecular formula is C23H28F2N2O3S. The lowest BCUT2D eigenvalue weighted by atomic mass is 9.63. The van der Waals surface area contributed by atoms with Crippen LogP contribution in [0.1, 0.15) is 61.5 Å². The topological polar surface area (TPSA) is 83.6 Å². The zero-order valence-electron chi connectivity index (χ0n) is 17.7. The Hall–Kier alpha value is -1.87. The summed E-state index contributed by atoms with van der Waals surface area (Å²) in [5.74, 6) is -1.38. The van der Waals surface area contributed by atoms with Crippen molar-refractivity contribution in [2.24, 2.45) is 5.73 Å². The SMILES string of the molecule is CC1CCC(c2ccccc2)S(=O)(=O)N1Cc1cc(F)c(C2(N)CC(C)(O)C2)cc1F. The largest absolute Gasteiger partial charge is 0.390 e. The minimum Gasteiger partial charge on any atom is -0.390 e. The Morgan fingerprint density at radius 1 is 1.13 bits per heavy atom. The van der Waals surface area contributed by atoms with Crippen LogP contribution in [0.15, 0.2) is 42.5 Å². The second kappa shape index (κ2) is 7.62. The fourth-order valence-corrected chi connectivity index (χ4v) is 7.30. The molecule has 4 rings (SSSR count). The highest BCUT2D eigenvalue weighted by Gasteiger charge is 2.51. The number of benzene rings is 2. The van der Waals surface area contributed by atoms with Crippen molar-refractivity contribution in [3.8, 4) is 0 Å². The lowest BCUT2D eigenvalue weighted by Crippen LogP contribution is -2.58. The fraction of sp³-hybridized carbons (Fsp3) is 0.478. The second-order valence-electron chi connectivity index (χ2n) is 9.35. The van der Waals surface area contributed by atoms with Crippen LogP contribution in [0.5, 0.6) is 0 Å². The van der Waals surface area contributed by atoms with E-state index in [1.54, 1.807) is 38.1 Å². The minimum absolute atomic E-state index is 0.0111. The van der Waals surface area contributed by atoms with Crippen molar-refractivity contribution in [3.63, 3.8) is 0 Å². The first-order chi connectivity index (χ1) is 14.4. The summed E-state index contributed by atoms with van der Waals surface area (Å²) in [7, 11) is -3.76. The Morgan fingerprint density at radius 3 is 2.39 bits per heavy atom. The van der Waals surface area contributed by atoms with E-state index in [1.807, 2.05) is 6.07 Å². The van der Waals surface area contributed by atoms with E-state index in [-0.39, 0.29) is 36.6 Å². The Morgan fingerprint density at radius 2 is 1.77 bits per heavy atom. The fourth-order valence-electron chi connectivity index (χ4n) is 5.11. The lowest BCUT2D eigenvalue weighted by Gasteiger charge is -2.49. The van der Waals surface area contributed by atoms with Crippen LogP contribution in [-0.4, -0.2) is 29.5 Å². The van der Waals surface area contributed by atoms with Crippen LogP contribution in [0.4, 0.5) is 8.78 Å². The third kappa shape index (κ3) is 4.02. The van der Waals surface area contributed by atoms with E-state index in [4.69, 9.17) is 5.73 Å². The van der Waals surface area contributed by atoms with Crippen molar-refractivity contribution in [2.45, 2.75) is 68.5 Å². The van der Waals surface area contributed by atoms with Gasteiger partial charge >= 0.3 is 0 Å². The van der Waals surface area contributed by atoms with Crippen LogP contribution < -0.4 is 5.73 Å². The van der Waals surface area contributed by atoms with Crippen molar-refractivity contribution in [1.82, 2.24) is 4.31 Å². The van der Waals surface area contributed by atoms with Gasteiger partial charge in [-0.25, -0.2) is 17.2 Å². The number of sulfonamides is 1. The average Bonchev–Trinajstić information content (AvgIpc) is 2.66. The van der Waals surface area contributed by atoms with Crippen molar-refractivity contribution < 1.29 is 22.3 Å². The van der Waals surface area contributed by atoms with Gasteiger partial charge in [0.15, 0.2) is 0 Å². The quantitative estimate of drug-likeness (QED) is 0.744. The highest BCUT2D eigenvalue weighted by atomic mass is 32.2. The van der Waals surface area contributed by atoms with Gasteiger partial charge in [0.1, 0.15) is 16.9 Å². The maximum atomic E-state index is 15.0. The molecule has 1 aliphatic carbocycles. The maximum Gasteiger partial charge on any atom is 0.221 e. The molecule has 0 aromatic heterocycles. The number of rotatable bonds is 4. The third-order valence-corrected chi connectivity index (χ3v) is 8.96. The van der Waals surface area contributed by atoms with Gasteiger partial charge in [-0.3, -0.25) is 0 Å². The van der Waals surface area contributed by atoms with Crippen LogP contribution in [0.2, 0.25) is 0 Å². The molecule has 8 heteroatoms. The summed E-state index contributed by atoms with van der Waals surface area (Å²) in [5, 5.41) is 9.27. The van der Waals surface area contributed by atoms with Crippen molar-refractivity contribution >= 4 is 10.0 Å². The van der Waals surface area contributed by atoms with Gasteiger partial charge in [-0.15, -0.1) is 0 Å². The van der Waals surface area contributed by atoms with E-state index >= 15 is 0 Å². The monoisotopic (exact) mass is 450 g/mol. The van der Waals surface area contributed by atoms with Crippen molar-refractivity contribution in [3.05, 3.63) is 70.8 Å². The number of nitrogens with zero attached hydrogens (tertiary/aromatic N) is 1. The summed E-state index contributed by atoms with van der Waals surface area (Å²) < 4.78 is 57.8. The molecule has 2 aromatic rings. The molecule has 168 valence electrons. The molecule has 5 nitrogen and oxygen atoms in total. The molecule has 1 aliphatic heterocycles. The Balaban J connectivity index is 1.63. The Kier molecular flexibility index (Phi) is 5.49. The highest BCUT2D eigenvalue weighted by molar-refractivity contribution is 7.89. The van der Waals surface area contributed by atoms with Gasteiger partial charge in [0.2, 0.25) is 10.0 Å². The van der Waals surface area contributed by atoms with E-state index in [1.165, 1.54) is 4.31 Å². The lowest BCUT2D eigenvalue weighted by molar-refractivity contribution is -0.0750. The summed E-state index contributed by atoms with van der Waals surface area (Å²) >= 11 is 0. The smallest absolute Gasteiger partial charge is 0.221 e. The summed E-state index contributed by atoms with van der Waals surface area (Å²) in [6, 6.07) is 10.7. The van der Waals surface area contributed by atoms with Crippen LogP contribution >= 0.6 is 0 Å². The molecule has 0 spiro atoms. The first kappa shape index (κ1) is 22.3. The molecule has 31 heavy (non-hydrogen) atoms. The van der Waals surface area contributed by atoms with Crippen molar-refractivity contribution in [1.29, 1.82) is 0 Å². The van der Waals surface area contributed by atoms with Crippen LogP contribution in [-0.2, 0) is 22.1 Å². The molecule has 2 fully saturated rings. The third-order valence-electron chi connectivity index (χ3n) is 6.59. The van der Waals surface area contributed by atoms with Crippen molar-refractivity contribution in [2.75, 3.05) is 0 Å². The van der Waals surface area contributed by atoms with Gasteiger partial charge in [-0.1, -0.05) is 30.3 Å². The number of hydrogen-bond donors (Lipinski definition) is 2. The number of hydrogen-bond acceptors (Lipinski definition) is 4. The van der Waals surface area contributed by atoms with E-state index in [2.05, 4.69) is 0 Å². The first-order valence-electron chi connectivity index (χ1n) is 10.5. The van der Waals surface area contributed by atoms with Gasteiger partial charge in [-0.05, 0) is 57.2 Å². The zero-order valence-corrected chi connectivity index (χ0v) is 18.5. The van der Waals surface area contributed by atoms with Gasteiger partial charge in [0.05, 0.1) is 5.60 Å². The number of aliphatic hydroxyl groups is 1. The summed E-state index contributed by atoms with van der Waals surface area (Å²) in [6.45, 7) is 3.14. The Bertz CT molecular complexity index is 1080. The zero-order chi connectivity index (χ0) is 22.6. The predicted molar refractivity (Wildman–Crippen MR) is 114 cm³/mol. The number of halogens is 2. The van der Waals surface area contributed by atoms with Gasteiger partial charge in [0.25, 0.3) is 0 Å². The molecular weight excluding hydrogens is 422 g/mol. The molecule has 0 radical (unpaired) electrons. The molecule has 2 aliphatic rings. The normalized spacial score (nSPS) is 33.1. The minimum atomic E-state index is -3.76. The van der Waals surface area contributed by atoms with E-state index in [0.717, 1.165) is 12.1 Å². The molecule has 2 aromatic carbocycles. The van der Waals surface area contributed by atoms with E-state index in [0.29, 0.717) is 18.4 Å². The molecule has 0 amide bonds. The maximum absolute atomic E-state index is 15.0. The van der Waals surface area contributed by atoms with E-state index in [9.17, 15) is 22.3 Å². The summed E-state index contributed by atoms with van der Waals surface area (Å²) in [5.41, 5.74) is 4.73. The molecule has 2 atom stereocenters. The van der Waals surface area contributed by atoms with Crippen LogP contribution in [0.25, 0.3) is 0 Å². The molecule has 0 bridgehead atoms. The Labute approximate surface area is 181 Å². The van der Waals surface area contributed by atoms with Crippen LogP contribution in [0.3, 0.4) is 0 Å². The highest BCUT2D eigenvalue weighted by Crippen LogP contribution is 2.47. The summed E-state index contributed by atoms with van der Waals surface area (Å²) in [4.78, 5) is 0. The standard InChI is InChI=1S/C23H28F2N2O3S/c1-15-8-9-21(16-6-4-3-5-7-16)31(29,30)27(15)12-17-10-20(25)18(11-19(17)24)23(26)13-22(2,28)14-23/h3-7,10-11,15,21,28H,8-9,12-14,26H2,1-2H3. The molecule has 3 N–H and O–H groups in total. The summed E-state index contributed by atoms with van der Waals surface area (Å²) in [6.07, 6.45) is 1.37. The van der Waals surface area contributed by atoms with Gasteiger partial charge in [0, 0.05) is 29.3 Å². The molecule has 2 unspecified atom stereocenters. The van der Waals surface area contributed by atoms with Crippen LogP contribution in [0, 0.1) is 11.6 Å². The molecule has 1 saturated carbocycles. The van der Waals surface area contributed by atoms with Gasteiger partial charge in [-0.2, -0.15) is 4.31 Å². The second-order valence-corrected chi connectivity index (χ2v) is 11.4. The number of nitrogens with two attached hydrogens (primary N) is 1. The molecule has 1 saturated heterocycles. The average molecular weight is 451 g/mol. The predicted octanol–water partition coefficient (Wildman–Crippen LogP) is 3.72.